The number of hydrogen-bond donors (Lipinski definition) is 0. The van der Waals surface area contributed by atoms with Crippen molar-refractivity contribution in [2.75, 3.05) is 0 Å². The van der Waals surface area contributed by atoms with E-state index in [0.717, 1.165) is 37.0 Å². The normalized spacial score (nSPS) is 28.4. The van der Waals surface area contributed by atoms with Gasteiger partial charge in [0.2, 0.25) is 0 Å². The fraction of sp³-hybridized carbons (Fsp3) is 0.611. The van der Waals surface area contributed by atoms with Gasteiger partial charge in [0.05, 0.1) is 12.2 Å². The zero-order valence-electron chi connectivity index (χ0n) is 13.1. The van der Waals surface area contributed by atoms with Crippen LogP contribution in [0.15, 0.2) is 24.3 Å². The number of carbonyl (C=O) groups is 1. The smallest absolute Gasteiger partial charge is 0.166 e. The maximum absolute atomic E-state index is 12.6. The zero-order valence-corrected chi connectivity index (χ0v) is 13.1. The van der Waals surface area contributed by atoms with Crippen LogP contribution in [0.3, 0.4) is 0 Å². The third kappa shape index (κ3) is 3.46. The van der Waals surface area contributed by atoms with Crippen molar-refractivity contribution in [3.05, 3.63) is 29.8 Å². The summed E-state index contributed by atoms with van der Waals surface area (Å²) in [5.74, 6) is 1.20. The van der Waals surface area contributed by atoms with E-state index in [1.807, 2.05) is 45.0 Å². The molecule has 0 radical (unpaired) electrons. The quantitative estimate of drug-likeness (QED) is 0.788. The molecule has 2 fully saturated rings. The van der Waals surface area contributed by atoms with Crippen molar-refractivity contribution in [2.24, 2.45) is 5.92 Å². The van der Waals surface area contributed by atoms with Gasteiger partial charge in [-0.2, -0.15) is 0 Å². The largest absolute Gasteiger partial charge is 0.488 e. The summed E-state index contributed by atoms with van der Waals surface area (Å²) in [6.07, 6.45) is 4.62. The van der Waals surface area contributed by atoms with Crippen molar-refractivity contribution in [2.45, 2.75) is 64.3 Å². The lowest BCUT2D eigenvalue weighted by molar-refractivity contribution is -0.0149. The third-order valence-electron chi connectivity index (χ3n) is 4.22. The van der Waals surface area contributed by atoms with E-state index in [1.165, 1.54) is 0 Å². The molecular formula is C18H24O3. The highest BCUT2D eigenvalue weighted by molar-refractivity contribution is 5.98. The number of rotatable bonds is 3. The molecule has 114 valence electrons. The van der Waals surface area contributed by atoms with Crippen LogP contribution in [0.4, 0.5) is 0 Å². The summed E-state index contributed by atoms with van der Waals surface area (Å²) in [7, 11) is 0. The van der Waals surface area contributed by atoms with Crippen molar-refractivity contribution in [1.29, 1.82) is 0 Å². The van der Waals surface area contributed by atoms with Crippen molar-refractivity contribution in [1.82, 2.24) is 0 Å². The SMILES string of the molecule is CC(C)(C)Oc1ccc(C(=O)C2CC3CCC(C2)O3)cc1. The van der Waals surface area contributed by atoms with Crippen LogP contribution in [-0.2, 0) is 4.74 Å². The molecule has 0 spiro atoms. The van der Waals surface area contributed by atoms with Gasteiger partial charge in [0.25, 0.3) is 0 Å². The fourth-order valence-corrected chi connectivity index (χ4v) is 3.35. The summed E-state index contributed by atoms with van der Waals surface area (Å²) >= 11 is 0. The molecule has 21 heavy (non-hydrogen) atoms. The molecule has 2 aliphatic heterocycles. The molecule has 0 N–H and O–H groups in total. The molecule has 3 nitrogen and oxygen atoms in total. The molecule has 0 saturated carbocycles. The second-order valence-electron chi connectivity index (χ2n) is 7.23. The van der Waals surface area contributed by atoms with Crippen molar-refractivity contribution < 1.29 is 14.3 Å². The first kappa shape index (κ1) is 14.6. The van der Waals surface area contributed by atoms with Gasteiger partial charge < -0.3 is 9.47 Å². The molecule has 2 atom stereocenters. The summed E-state index contributed by atoms with van der Waals surface area (Å²) in [6.45, 7) is 6.05. The standard InChI is InChI=1S/C18H24O3/c1-18(2,3)21-14-6-4-12(5-7-14)17(19)13-10-15-8-9-16(11-13)20-15/h4-7,13,15-16H,8-11H2,1-3H3. The zero-order chi connectivity index (χ0) is 15.0. The van der Waals surface area contributed by atoms with E-state index in [1.54, 1.807) is 0 Å². The van der Waals surface area contributed by atoms with Gasteiger partial charge >= 0.3 is 0 Å². The van der Waals surface area contributed by atoms with Gasteiger partial charge in [-0.1, -0.05) is 0 Å². The van der Waals surface area contributed by atoms with E-state index < -0.39 is 0 Å². The molecule has 1 aromatic rings. The minimum absolute atomic E-state index is 0.130. The summed E-state index contributed by atoms with van der Waals surface area (Å²) in [4.78, 5) is 12.6. The van der Waals surface area contributed by atoms with Crippen LogP contribution < -0.4 is 4.74 Å². The number of hydrogen-bond acceptors (Lipinski definition) is 3. The molecule has 0 aliphatic carbocycles. The molecule has 0 amide bonds. The Bertz CT molecular complexity index is 500. The monoisotopic (exact) mass is 288 g/mol. The Kier molecular flexibility index (Phi) is 3.78. The van der Waals surface area contributed by atoms with Crippen LogP contribution in [0.25, 0.3) is 0 Å². The molecule has 3 heteroatoms. The van der Waals surface area contributed by atoms with Gasteiger partial charge in [-0.05, 0) is 70.7 Å². The molecule has 2 aliphatic rings. The minimum atomic E-state index is -0.217. The lowest BCUT2D eigenvalue weighted by atomic mass is 9.88. The Morgan fingerprint density at radius 1 is 1.10 bits per heavy atom. The number of benzene rings is 1. The first-order valence-electron chi connectivity index (χ1n) is 7.89. The van der Waals surface area contributed by atoms with E-state index in [4.69, 9.17) is 9.47 Å². The van der Waals surface area contributed by atoms with E-state index in [0.29, 0.717) is 12.2 Å². The number of Topliss-reactive ketones (excluding diaryl/α,β-unsaturated/α-hetero) is 1. The maximum Gasteiger partial charge on any atom is 0.166 e. The summed E-state index contributed by atoms with van der Waals surface area (Å²) in [5.41, 5.74) is 0.577. The Hall–Kier alpha value is -1.35. The summed E-state index contributed by atoms with van der Waals surface area (Å²) < 4.78 is 11.6. The Labute approximate surface area is 126 Å². The molecule has 2 bridgehead atoms. The van der Waals surface area contributed by atoms with Crippen LogP contribution in [0.5, 0.6) is 5.75 Å². The molecule has 2 saturated heterocycles. The molecule has 1 aromatic carbocycles. The van der Waals surface area contributed by atoms with E-state index >= 15 is 0 Å². The van der Waals surface area contributed by atoms with Crippen molar-refractivity contribution in [3.63, 3.8) is 0 Å². The topological polar surface area (TPSA) is 35.5 Å². The molecule has 3 rings (SSSR count). The number of fused-ring (bicyclic) bond motifs is 2. The molecule has 2 unspecified atom stereocenters. The average Bonchev–Trinajstić information content (AvgIpc) is 2.76. The van der Waals surface area contributed by atoms with E-state index in [2.05, 4.69) is 0 Å². The van der Waals surface area contributed by atoms with Gasteiger partial charge in [0.1, 0.15) is 11.4 Å². The Morgan fingerprint density at radius 2 is 1.67 bits per heavy atom. The highest BCUT2D eigenvalue weighted by Crippen LogP contribution is 2.37. The predicted octanol–water partition coefficient (Wildman–Crippen LogP) is 4.00. The third-order valence-corrected chi connectivity index (χ3v) is 4.22. The van der Waals surface area contributed by atoms with Crippen LogP contribution in [0.2, 0.25) is 0 Å². The predicted molar refractivity (Wildman–Crippen MR) is 81.8 cm³/mol. The summed E-state index contributed by atoms with van der Waals surface area (Å²) in [5, 5.41) is 0. The number of ether oxygens (including phenoxy) is 2. The van der Waals surface area contributed by atoms with Crippen LogP contribution in [-0.4, -0.2) is 23.6 Å². The van der Waals surface area contributed by atoms with Gasteiger partial charge in [-0.25, -0.2) is 0 Å². The number of carbonyl (C=O) groups excluding carboxylic acids is 1. The molecular weight excluding hydrogens is 264 g/mol. The fourth-order valence-electron chi connectivity index (χ4n) is 3.35. The van der Waals surface area contributed by atoms with Crippen molar-refractivity contribution in [3.8, 4) is 5.75 Å². The highest BCUT2D eigenvalue weighted by atomic mass is 16.5. The van der Waals surface area contributed by atoms with E-state index in [-0.39, 0.29) is 17.3 Å². The first-order valence-corrected chi connectivity index (χ1v) is 7.89. The van der Waals surface area contributed by atoms with Gasteiger partial charge in [0.15, 0.2) is 5.78 Å². The highest BCUT2D eigenvalue weighted by Gasteiger charge is 2.38. The number of ketones is 1. The van der Waals surface area contributed by atoms with Crippen molar-refractivity contribution >= 4 is 5.78 Å². The Morgan fingerprint density at radius 3 is 2.19 bits per heavy atom. The lowest BCUT2D eigenvalue weighted by Gasteiger charge is -2.27. The minimum Gasteiger partial charge on any atom is -0.488 e. The lowest BCUT2D eigenvalue weighted by Crippen LogP contribution is -2.30. The van der Waals surface area contributed by atoms with Gasteiger partial charge in [0, 0.05) is 11.5 Å². The average molecular weight is 288 g/mol. The van der Waals surface area contributed by atoms with Gasteiger partial charge in [-0.3, -0.25) is 4.79 Å². The first-order chi connectivity index (χ1) is 9.90. The maximum atomic E-state index is 12.6. The van der Waals surface area contributed by atoms with Crippen LogP contribution >= 0.6 is 0 Å². The molecule has 2 heterocycles. The second kappa shape index (κ2) is 5.45. The van der Waals surface area contributed by atoms with Crippen LogP contribution in [0.1, 0.15) is 56.8 Å². The second-order valence-corrected chi connectivity index (χ2v) is 7.23. The summed E-state index contributed by atoms with van der Waals surface area (Å²) in [6, 6.07) is 7.57. The van der Waals surface area contributed by atoms with Gasteiger partial charge in [-0.15, -0.1) is 0 Å². The Balaban J connectivity index is 1.67. The van der Waals surface area contributed by atoms with E-state index in [9.17, 15) is 4.79 Å². The molecule has 0 aromatic heterocycles. The van der Waals surface area contributed by atoms with Crippen LogP contribution in [0, 0.1) is 5.92 Å².